The van der Waals surface area contributed by atoms with Gasteiger partial charge in [-0.2, -0.15) is 0 Å². The summed E-state index contributed by atoms with van der Waals surface area (Å²) in [5.74, 6) is -0.218. The summed E-state index contributed by atoms with van der Waals surface area (Å²) >= 11 is 3.42. The lowest BCUT2D eigenvalue weighted by atomic mass is 10.2. The fourth-order valence-corrected chi connectivity index (χ4v) is 1.84. The molecule has 0 saturated carbocycles. The number of aromatic nitrogens is 1. The Hall–Kier alpha value is -1.88. The second-order valence-corrected chi connectivity index (χ2v) is 4.95. The number of pyridine rings is 1. The number of carbonyl (C=O) groups is 1. The SMILES string of the molecule is CNc1ccc(C(=O)Nc2ccc(Br)c(C)c2)nc1. The molecular weight excluding hydrogens is 306 g/mol. The van der Waals surface area contributed by atoms with Gasteiger partial charge in [0.15, 0.2) is 0 Å². The lowest BCUT2D eigenvalue weighted by Gasteiger charge is -2.07. The molecule has 2 N–H and O–H groups in total. The first-order valence-corrected chi connectivity index (χ1v) is 6.61. The van der Waals surface area contributed by atoms with Crippen LogP contribution in [-0.4, -0.2) is 17.9 Å². The number of carbonyl (C=O) groups excluding carboxylic acids is 1. The normalized spacial score (nSPS) is 10.1. The summed E-state index contributed by atoms with van der Waals surface area (Å²) in [6.45, 7) is 1.97. The van der Waals surface area contributed by atoms with E-state index in [9.17, 15) is 4.79 Å². The molecule has 1 heterocycles. The van der Waals surface area contributed by atoms with Crippen LogP contribution in [0.3, 0.4) is 0 Å². The summed E-state index contributed by atoms with van der Waals surface area (Å²) in [6, 6.07) is 9.16. The quantitative estimate of drug-likeness (QED) is 0.911. The zero-order valence-electron chi connectivity index (χ0n) is 10.7. The van der Waals surface area contributed by atoms with E-state index < -0.39 is 0 Å². The minimum absolute atomic E-state index is 0.218. The molecule has 0 saturated heterocycles. The largest absolute Gasteiger partial charge is 0.387 e. The molecule has 2 rings (SSSR count). The Morgan fingerprint density at radius 1 is 1.21 bits per heavy atom. The van der Waals surface area contributed by atoms with Crippen molar-refractivity contribution in [3.05, 3.63) is 52.3 Å². The van der Waals surface area contributed by atoms with Crippen molar-refractivity contribution < 1.29 is 4.79 Å². The molecule has 0 aliphatic carbocycles. The van der Waals surface area contributed by atoms with Gasteiger partial charge in [0.2, 0.25) is 0 Å². The van der Waals surface area contributed by atoms with Gasteiger partial charge in [0.25, 0.3) is 5.91 Å². The number of rotatable bonds is 3. The van der Waals surface area contributed by atoms with Gasteiger partial charge in [-0.1, -0.05) is 15.9 Å². The van der Waals surface area contributed by atoms with Crippen LogP contribution in [0.5, 0.6) is 0 Å². The molecule has 98 valence electrons. The van der Waals surface area contributed by atoms with Gasteiger partial charge < -0.3 is 10.6 Å². The molecular formula is C14H14BrN3O. The molecule has 0 aliphatic rings. The van der Waals surface area contributed by atoms with Gasteiger partial charge in [-0.3, -0.25) is 4.79 Å². The molecule has 0 spiro atoms. The maximum atomic E-state index is 12.0. The number of hydrogen-bond acceptors (Lipinski definition) is 3. The molecule has 2 aromatic rings. The second kappa shape index (κ2) is 5.84. The molecule has 0 radical (unpaired) electrons. The molecule has 0 bridgehead atoms. The Balaban J connectivity index is 2.13. The number of nitrogens with one attached hydrogen (secondary N) is 2. The number of nitrogens with zero attached hydrogens (tertiary/aromatic N) is 1. The highest BCUT2D eigenvalue weighted by molar-refractivity contribution is 9.10. The van der Waals surface area contributed by atoms with Crippen LogP contribution in [-0.2, 0) is 0 Å². The van der Waals surface area contributed by atoms with Gasteiger partial charge in [-0.25, -0.2) is 4.98 Å². The summed E-state index contributed by atoms with van der Waals surface area (Å²) in [5, 5.41) is 5.78. The predicted octanol–water partition coefficient (Wildman–Crippen LogP) is 3.45. The van der Waals surface area contributed by atoms with Crippen LogP contribution >= 0.6 is 15.9 Å². The molecule has 0 atom stereocenters. The summed E-state index contributed by atoms with van der Waals surface area (Å²) in [7, 11) is 1.81. The lowest BCUT2D eigenvalue weighted by Crippen LogP contribution is -2.13. The summed E-state index contributed by atoms with van der Waals surface area (Å²) in [5.41, 5.74) is 3.08. The highest BCUT2D eigenvalue weighted by Crippen LogP contribution is 2.20. The highest BCUT2D eigenvalue weighted by Gasteiger charge is 2.08. The Labute approximate surface area is 120 Å². The molecule has 0 unspecified atom stereocenters. The molecule has 4 nitrogen and oxygen atoms in total. The number of amides is 1. The highest BCUT2D eigenvalue weighted by atomic mass is 79.9. The number of aryl methyl sites for hydroxylation is 1. The van der Waals surface area contributed by atoms with Crippen LogP contribution in [0, 0.1) is 6.92 Å². The van der Waals surface area contributed by atoms with E-state index in [1.165, 1.54) is 0 Å². The number of anilines is 2. The van der Waals surface area contributed by atoms with Crippen LogP contribution < -0.4 is 10.6 Å². The monoisotopic (exact) mass is 319 g/mol. The Morgan fingerprint density at radius 3 is 2.53 bits per heavy atom. The topological polar surface area (TPSA) is 54.0 Å². The van der Waals surface area contributed by atoms with E-state index in [1.54, 1.807) is 19.3 Å². The minimum atomic E-state index is -0.218. The number of halogens is 1. The van der Waals surface area contributed by atoms with E-state index in [0.29, 0.717) is 5.69 Å². The zero-order chi connectivity index (χ0) is 13.8. The Kier molecular flexibility index (Phi) is 4.16. The molecule has 1 aromatic carbocycles. The van der Waals surface area contributed by atoms with Crippen molar-refractivity contribution in [2.45, 2.75) is 6.92 Å². The average molecular weight is 320 g/mol. The van der Waals surface area contributed by atoms with Crippen molar-refractivity contribution in [2.75, 3.05) is 17.7 Å². The van der Waals surface area contributed by atoms with E-state index in [0.717, 1.165) is 21.4 Å². The van der Waals surface area contributed by atoms with Gasteiger partial charge >= 0.3 is 0 Å². The molecule has 0 fully saturated rings. The van der Waals surface area contributed by atoms with Gasteiger partial charge in [-0.15, -0.1) is 0 Å². The summed E-state index contributed by atoms with van der Waals surface area (Å²) in [6.07, 6.45) is 1.63. The van der Waals surface area contributed by atoms with E-state index in [2.05, 4.69) is 31.5 Å². The van der Waals surface area contributed by atoms with Gasteiger partial charge in [0.1, 0.15) is 5.69 Å². The Bertz CT molecular complexity index is 596. The zero-order valence-corrected chi connectivity index (χ0v) is 12.3. The fraction of sp³-hybridized carbons (Fsp3) is 0.143. The van der Waals surface area contributed by atoms with Crippen molar-refractivity contribution >= 4 is 33.2 Å². The third-order valence-corrected chi connectivity index (χ3v) is 3.59. The van der Waals surface area contributed by atoms with Crippen LogP contribution in [0.15, 0.2) is 41.0 Å². The van der Waals surface area contributed by atoms with Crippen molar-refractivity contribution in [3.63, 3.8) is 0 Å². The summed E-state index contributed by atoms with van der Waals surface area (Å²) < 4.78 is 1.02. The first kappa shape index (κ1) is 13.5. The minimum Gasteiger partial charge on any atom is -0.387 e. The van der Waals surface area contributed by atoms with E-state index in [-0.39, 0.29) is 5.91 Å². The van der Waals surface area contributed by atoms with Crippen molar-refractivity contribution in [3.8, 4) is 0 Å². The average Bonchev–Trinajstić information content (AvgIpc) is 2.43. The molecule has 0 aliphatic heterocycles. The third-order valence-electron chi connectivity index (χ3n) is 2.70. The first-order valence-electron chi connectivity index (χ1n) is 5.81. The maximum absolute atomic E-state index is 12.0. The van der Waals surface area contributed by atoms with Crippen LogP contribution in [0.2, 0.25) is 0 Å². The van der Waals surface area contributed by atoms with E-state index in [4.69, 9.17) is 0 Å². The standard InChI is InChI=1S/C14H14BrN3O/c1-9-7-10(3-5-12(9)15)18-14(19)13-6-4-11(16-2)8-17-13/h3-8,16H,1-2H3,(H,18,19). The smallest absolute Gasteiger partial charge is 0.274 e. The van der Waals surface area contributed by atoms with E-state index >= 15 is 0 Å². The molecule has 1 aromatic heterocycles. The predicted molar refractivity (Wildman–Crippen MR) is 80.6 cm³/mol. The number of hydrogen-bond donors (Lipinski definition) is 2. The first-order chi connectivity index (χ1) is 9.10. The molecule has 19 heavy (non-hydrogen) atoms. The van der Waals surface area contributed by atoms with Crippen LogP contribution in [0.25, 0.3) is 0 Å². The molecule has 1 amide bonds. The lowest BCUT2D eigenvalue weighted by molar-refractivity contribution is 0.102. The maximum Gasteiger partial charge on any atom is 0.274 e. The Morgan fingerprint density at radius 2 is 1.95 bits per heavy atom. The molecule has 5 heteroatoms. The van der Waals surface area contributed by atoms with Crippen LogP contribution in [0.4, 0.5) is 11.4 Å². The second-order valence-electron chi connectivity index (χ2n) is 4.10. The third kappa shape index (κ3) is 3.32. The van der Waals surface area contributed by atoms with Gasteiger partial charge in [0.05, 0.1) is 11.9 Å². The van der Waals surface area contributed by atoms with Gasteiger partial charge in [-0.05, 0) is 42.8 Å². The van der Waals surface area contributed by atoms with E-state index in [1.807, 2.05) is 31.2 Å². The number of benzene rings is 1. The van der Waals surface area contributed by atoms with Gasteiger partial charge in [0, 0.05) is 17.2 Å². The summed E-state index contributed by atoms with van der Waals surface area (Å²) in [4.78, 5) is 16.1. The fourth-order valence-electron chi connectivity index (χ4n) is 1.59. The van der Waals surface area contributed by atoms with Crippen molar-refractivity contribution in [2.24, 2.45) is 0 Å². The van der Waals surface area contributed by atoms with Crippen LogP contribution in [0.1, 0.15) is 16.1 Å². The van der Waals surface area contributed by atoms with Crippen molar-refractivity contribution in [1.29, 1.82) is 0 Å². The van der Waals surface area contributed by atoms with Crippen molar-refractivity contribution in [1.82, 2.24) is 4.98 Å².